The van der Waals surface area contributed by atoms with Gasteiger partial charge in [-0.2, -0.15) is 11.3 Å². The summed E-state index contributed by atoms with van der Waals surface area (Å²) in [7, 11) is 0. The van der Waals surface area contributed by atoms with E-state index >= 15 is 0 Å². The van der Waals surface area contributed by atoms with Gasteiger partial charge >= 0.3 is 6.03 Å². The number of carbonyl (C=O) groups excluding carboxylic acids is 1. The molecule has 3 heterocycles. The Labute approximate surface area is 129 Å². The van der Waals surface area contributed by atoms with Gasteiger partial charge in [0.15, 0.2) is 0 Å². The molecule has 2 N–H and O–H groups in total. The Morgan fingerprint density at radius 3 is 2.86 bits per heavy atom. The number of ether oxygens (including phenoxy) is 1. The van der Waals surface area contributed by atoms with Crippen LogP contribution in [-0.4, -0.2) is 49.3 Å². The summed E-state index contributed by atoms with van der Waals surface area (Å²) in [5, 5.41) is 10.5. The van der Waals surface area contributed by atoms with Gasteiger partial charge in [-0.25, -0.2) is 4.79 Å². The second kappa shape index (κ2) is 7.24. The lowest BCUT2D eigenvalue weighted by Gasteiger charge is -2.24. The van der Waals surface area contributed by atoms with Gasteiger partial charge in [-0.1, -0.05) is 0 Å². The number of thiophene rings is 1. The molecule has 0 spiro atoms. The summed E-state index contributed by atoms with van der Waals surface area (Å²) in [4.78, 5) is 14.4. The minimum Gasteiger partial charge on any atom is -0.381 e. The van der Waals surface area contributed by atoms with Crippen LogP contribution in [0.25, 0.3) is 0 Å². The molecule has 2 saturated heterocycles. The summed E-state index contributed by atoms with van der Waals surface area (Å²) in [6.45, 7) is 4.49. The van der Waals surface area contributed by atoms with E-state index in [-0.39, 0.29) is 18.1 Å². The molecule has 1 aromatic heterocycles. The molecular formula is C15H23N3O2S. The number of nitrogens with zero attached hydrogens (tertiary/aromatic N) is 1. The Morgan fingerprint density at radius 2 is 2.10 bits per heavy atom. The molecule has 3 rings (SSSR count). The van der Waals surface area contributed by atoms with Crippen molar-refractivity contribution in [2.45, 2.75) is 37.9 Å². The van der Waals surface area contributed by atoms with Gasteiger partial charge in [0, 0.05) is 44.9 Å². The van der Waals surface area contributed by atoms with Crippen LogP contribution >= 0.6 is 11.3 Å². The Hall–Kier alpha value is -1.11. The Kier molecular flexibility index (Phi) is 5.11. The second-order valence-electron chi connectivity index (χ2n) is 5.86. The van der Waals surface area contributed by atoms with E-state index in [1.54, 1.807) is 11.3 Å². The van der Waals surface area contributed by atoms with Gasteiger partial charge in [0.25, 0.3) is 0 Å². The molecule has 2 aliphatic heterocycles. The van der Waals surface area contributed by atoms with Crippen molar-refractivity contribution in [3.05, 3.63) is 22.4 Å². The number of amides is 2. The van der Waals surface area contributed by atoms with Crippen LogP contribution < -0.4 is 10.6 Å². The number of nitrogens with one attached hydrogen (secondary N) is 2. The molecule has 0 radical (unpaired) electrons. The quantitative estimate of drug-likeness (QED) is 0.892. The first-order valence-corrected chi connectivity index (χ1v) is 8.62. The highest BCUT2D eigenvalue weighted by Crippen LogP contribution is 2.15. The zero-order valence-corrected chi connectivity index (χ0v) is 13.0. The Bertz CT molecular complexity index is 446. The first-order chi connectivity index (χ1) is 10.3. The molecule has 0 bridgehead atoms. The molecule has 116 valence electrons. The largest absolute Gasteiger partial charge is 0.381 e. The summed E-state index contributed by atoms with van der Waals surface area (Å²) in [5.74, 6) is 0. The van der Waals surface area contributed by atoms with Crippen LogP contribution in [0.1, 0.15) is 24.8 Å². The first kappa shape index (κ1) is 14.8. The van der Waals surface area contributed by atoms with Crippen molar-refractivity contribution < 1.29 is 9.53 Å². The lowest BCUT2D eigenvalue weighted by molar-refractivity contribution is 0.0799. The summed E-state index contributed by atoms with van der Waals surface area (Å²) in [6, 6.07) is 2.68. The predicted molar refractivity (Wildman–Crippen MR) is 83.5 cm³/mol. The van der Waals surface area contributed by atoms with Crippen LogP contribution in [0.3, 0.4) is 0 Å². The summed E-state index contributed by atoms with van der Waals surface area (Å²) in [6.07, 6.45) is 2.87. The maximum Gasteiger partial charge on any atom is 0.315 e. The van der Waals surface area contributed by atoms with E-state index in [2.05, 4.69) is 32.4 Å². The first-order valence-electron chi connectivity index (χ1n) is 7.68. The highest BCUT2D eigenvalue weighted by molar-refractivity contribution is 7.07. The van der Waals surface area contributed by atoms with Crippen LogP contribution in [0.5, 0.6) is 0 Å². The van der Waals surface area contributed by atoms with Gasteiger partial charge < -0.3 is 15.4 Å². The molecule has 0 saturated carbocycles. The van der Waals surface area contributed by atoms with E-state index in [4.69, 9.17) is 4.74 Å². The van der Waals surface area contributed by atoms with Gasteiger partial charge in [-0.05, 0) is 41.7 Å². The van der Waals surface area contributed by atoms with E-state index in [0.29, 0.717) is 0 Å². The third-order valence-electron chi connectivity index (χ3n) is 4.15. The number of rotatable bonds is 4. The van der Waals surface area contributed by atoms with Crippen molar-refractivity contribution in [2.24, 2.45) is 0 Å². The fourth-order valence-electron chi connectivity index (χ4n) is 2.99. The lowest BCUT2D eigenvalue weighted by atomic mass is 10.1. The van der Waals surface area contributed by atoms with E-state index in [9.17, 15) is 4.79 Å². The highest BCUT2D eigenvalue weighted by atomic mass is 32.1. The minimum atomic E-state index is -0.0238. The molecular weight excluding hydrogens is 286 g/mol. The van der Waals surface area contributed by atoms with E-state index in [0.717, 1.165) is 52.1 Å². The molecule has 1 atom stereocenters. The Balaban J connectivity index is 1.38. The smallest absolute Gasteiger partial charge is 0.315 e. The molecule has 2 fully saturated rings. The SMILES string of the molecule is O=C(NC1CCOCC1)N[C@H]1CCN(Cc2ccsc2)C1. The van der Waals surface area contributed by atoms with Crippen LogP contribution in [0.2, 0.25) is 0 Å². The zero-order chi connectivity index (χ0) is 14.5. The summed E-state index contributed by atoms with van der Waals surface area (Å²) >= 11 is 1.74. The molecule has 0 aliphatic carbocycles. The maximum absolute atomic E-state index is 12.0. The molecule has 2 amide bonds. The third-order valence-corrected chi connectivity index (χ3v) is 4.88. The molecule has 6 heteroatoms. The normalized spacial score (nSPS) is 24.1. The van der Waals surface area contributed by atoms with E-state index in [1.807, 2.05) is 0 Å². The van der Waals surface area contributed by atoms with Gasteiger partial charge in [0.05, 0.1) is 0 Å². The Morgan fingerprint density at radius 1 is 1.29 bits per heavy atom. The number of urea groups is 1. The maximum atomic E-state index is 12.0. The lowest BCUT2D eigenvalue weighted by Crippen LogP contribution is -2.48. The molecule has 1 aromatic rings. The molecule has 5 nitrogen and oxygen atoms in total. The van der Waals surface area contributed by atoms with Gasteiger partial charge in [0.1, 0.15) is 0 Å². The second-order valence-corrected chi connectivity index (χ2v) is 6.64. The van der Waals surface area contributed by atoms with Crippen LogP contribution in [-0.2, 0) is 11.3 Å². The number of hydrogen-bond donors (Lipinski definition) is 2. The average molecular weight is 309 g/mol. The van der Waals surface area contributed by atoms with Crippen molar-refractivity contribution in [1.82, 2.24) is 15.5 Å². The van der Waals surface area contributed by atoms with Crippen molar-refractivity contribution >= 4 is 17.4 Å². The van der Waals surface area contributed by atoms with E-state index in [1.165, 1.54) is 5.56 Å². The summed E-state index contributed by atoms with van der Waals surface area (Å²) in [5.41, 5.74) is 1.37. The topological polar surface area (TPSA) is 53.6 Å². The van der Waals surface area contributed by atoms with Crippen LogP contribution in [0.15, 0.2) is 16.8 Å². The fourth-order valence-corrected chi connectivity index (χ4v) is 3.65. The number of likely N-dealkylation sites (tertiary alicyclic amines) is 1. The van der Waals surface area contributed by atoms with Crippen LogP contribution in [0, 0.1) is 0 Å². The van der Waals surface area contributed by atoms with Crippen molar-refractivity contribution in [1.29, 1.82) is 0 Å². The van der Waals surface area contributed by atoms with E-state index < -0.39 is 0 Å². The minimum absolute atomic E-state index is 0.0238. The summed E-state index contributed by atoms with van der Waals surface area (Å²) < 4.78 is 5.30. The average Bonchev–Trinajstić information content (AvgIpc) is 3.13. The fraction of sp³-hybridized carbons (Fsp3) is 0.667. The van der Waals surface area contributed by atoms with Crippen LogP contribution in [0.4, 0.5) is 4.79 Å². The predicted octanol–water partition coefficient (Wildman–Crippen LogP) is 1.80. The van der Waals surface area contributed by atoms with Gasteiger partial charge in [0.2, 0.25) is 0 Å². The molecule has 21 heavy (non-hydrogen) atoms. The van der Waals surface area contributed by atoms with Crippen molar-refractivity contribution in [3.8, 4) is 0 Å². The van der Waals surface area contributed by atoms with Gasteiger partial charge in [-0.3, -0.25) is 4.90 Å². The number of hydrogen-bond acceptors (Lipinski definition) is 4. The standard InChI is InChI=1S/C15H23N3O2S/c19-15(16-13-2-6-20-7-3-13)17-14-1-5-18(10-14)9-12-4-8-21-11-12/h4,8,11,13-14H,1-3,5-7,9-10H2,(H2,16,17,19)/t14-/m0/s1. The van der Waals surface area contributed by atoms with Crippen molar-refractivity contribution in [3.63, 3.8) is 0 Å². The highest BCUT2D eigenvalue weighted by Gasteiger charge is 2.25. The molecule has 0 unspecified atom stereocenters. The number of carbonyl (C=O) groups is 1. The zero-order valence-electron chi connectivity index (χ0n) is 12.2. The third kappa shape index (κ3) is 4.43. The molecule has 2 aliphatic rings. The monoisotopic (exact) mass is 309 g/mol. The van der Waals surface area contributed by atoms with Gasteiger partial charge in [-0.15, -0.1) is 0 Å². The molecule has 0 aromatic carbocycles. The van der Waals surface area contributed by atoms with Crippen molar-refractivity contribution in [2.75, 3.05) is 26.3 Å².